The first-order valence-corrected chi connectivity index (χ1v) is 9.59. The van der Waals surface area contributed by atoms with Crippen LogP contribution in [0.15, 0.2) is 28.6 Å². The van der Waals surface area contributed by atoms with Crippen molar-refractivity contribution in [3.05, 3.63) is 34.9 Å². The van der Waals surface area contributed by atoms with Gasteiger partial charge in [-0.25, -0.2) is 0 Å². The zero-order chi connectivity index (χ0) is 15.1. The molecule has 0 aliphatic carbocycles. The number of amides is 1. The third kappa shape index (κ3) is 5.86. The first kappa shape index (κ1) is 16.6. The van der Waals surface area contributed by atoms with Crippen molar-refractivity contribution in [3.63, 3.8) is 0 Å². The van der Waals surface area contributed by atoms with Crippen molar-refractivity contribution in [1.82, 2.24) is 10.2 Å². The largest absolute Gasteiger partial charge is 0.300 e. The molecular weight excluding hydrogens is 346 g/mol. The van der Waals surface area contributed by atoms with Crippen LogP contribution in [0.1, 0.15) is 12.5 Å². The van der Waals surface area contributed by atoms with E-state index in [1.807, 2.05) is 24.3 Å². The van der Waals surface area contributed by atoms with Crippen LogP contribution in [0.5, 0.6) is 0 Å². The SMILES string of the molecule is CCSc1nnc(NC(=O)CSCc2cccc(Cl)c2)s1. The predicted molar refractivity (Wildman–Crippen MR) is 92.6 cm³/mol. The molecule has 0 radical (unpaired) electrons. The lowest BCUT2D eigenvalue weighted by Gasteiger charge is -2.02. The van der Waals surface area contributed by atoms with Gasteiger partial charge in [0.2, 0.25) is 11.0 Å². The number of thioether (sulfide) groups is 2. The summed E-state index contributed by atoms with van der Waals surface area (Å²) in [6, 6.07) is 7.65. The van der Waals surface area contributed by atoms with E-state index in [-0.39, 0.29) is 5.91 Å². The Labute approximate surface area is 141 Å². The Morgan fingerprint density at radius 1 is 1.43 bits per heavy atom. The van der Waals surface area contributed by atoms with Crippen molar-refractivity contribution in [3.8, 4) is 0 Å². The van der Waals surface area contributed by atoms with E-state index in [1.165, 1.54) is 11.3 Å². The van der Waals surface area contributed by atoms with Gasteiger partial charge in [0.05, 0.1) is 5.75 Å². The van der Waals surface area contributed by atoms with Crippen molar-refractivity contribution < 1.29 is 4.79 Å². The quantitative estimate of drug-likeness (QED) is 0.593. The van der Waals surface area contributed by atoms with Crippen LogP contribution in [0.4, 0.5) is 5.13 Å². The molecule has 112 valence electrons. The molecule has 1 aromatic carbocycles. The van der Waals surface area contributed by atoms with Gasteiger partial charge in [0.15, 0.2) is 4.34 Å². The topological polar surface area (TPSA) is 54.9 Å². The number of carbonyl (C=O) groups is 1. The molecule has 2 rings (SSSR count). The average molecular weight is 360 g/mol. The normalized spacial score (nSPS) is 10.6. The predicted octanol–water partition coefficient (Wildman–Crippen LogP) is 4.18. The lowest BCUT2D eigenvalue weighted by atomic mass is 10.2. The zero-order valence-corrected chi connectivity index (χ0v) is 14.5. The van der Waals surface area contributed by atoms with Crippen molar-refractivity contribution in [2.75, 3.05) is 16.8 Å². The van der Waals surface area contributed by atoms with Crippen LogP contribution in [0.3, 0.4) is 0 Å². The fourth-order valence-corrected chi connectivity index (χ4v) is 4.14. The zero-order valence-electron chi connectivity index (χ0n) is 11.3. The molecule has 4 nitrogen and oxygen atoms in total. The fraction of sp³-hybridized carbons (Fsp3) is 0.308. The highest BCUT2D eigenvalue weighted by Crippen LogP contribution is 2.25. The van der Waals surface area contributed by atoms with Crippen LogP contribution in [-0.2, 0) is 10.5 Å². The molecule has 2 aromatic rings. The van der Waals surface area contributed by atoms with Gasteiger partial charge < -0.3 is 0 Å². The van der Waals surface area contributed by atoms with Gasteiger partial charge in [0.1, 0.15) is 0 Å². The summed E-state index contributed by atoms with van der Waals surface area (Å²) in [7, 11) is 0. The smallest absolute Gasteiger partial charge is 0.236 e. The number of hydrogen-bond acceptors (Lipinski definition) is 6. The lowest BCUT2D eigenvalue weighted by molar-refractivity contribution is -0.113. The Kier molecular flexibility index (Phi) is 6.82. The Bertz CT molecular complexity index is 606. The van der Waals surface area contributed by atoms with Crippen molar-refractivity contribution in [2.24, 2.45) is 0 Å². The summed E-state index contributed by atoms with van der Waals surface area (Å²) < 4.78 is 0.874. The van der Waals surface area contributed by atoms with Crippen molar-refractivity contribution in [1.29, 1.82) is 0 Å². The Morgan fingerprint density at radius 3 is 3.05 bits per heavy atom. The van der Waals surface area contributed by atoms with E-state index in [2.05, 4.69) is 22.4 Å². The number of hydrogen-bond donors (Lipinski definition) is 1. The molecule has 0 bridgehead atoms. The third-order valence-corrected chi connectivity index (χ3v) is 5.40. The van der Waals surface area contributed by atoms with Crippen LogP contribution in [0, 0.1) is 0 Å². The van der Waals surface area contributed by atoms with Crippen molar-refractivity contribution in [2.45, 2.75) is 17.0 Å². The second kappa shape index (κ2) is 8.63. The molecule has 8 heteroatoms. The van der Waals surface area contributed by atoms with Crippen LogP contribution in [-0.4, -0.2) is 27.6 Å². The summed E-state index contributed by atoms with van der Waals surface area (Å²) in [5.74, 6) is 2.01. The fourth-order valence-electron chi connectivity index (χ4n) is 1.49. The molecule has 0 spiro atoms. The number of aromatic nitrogens is 2. The van der Waals surface area contributed by atoms with Gasteiger partial charge in [-0.2, -0.15) is 0 Å². The summed E-state index contributed by atoms with van der Waals surface area (Å²) in [5.41, 5.74) is 1.11. The molecule has 1 amide bonds. The first-order valence-electron chi connectivity index (χ1n) is 6.25. The lowest BCUT2D eigenvalue weighted by Crippen LogP contribution is -2.13. The molecule has 0 saturated heterocycles. The molecule has 1 heterocycles. The molecular formula is C13H14ClN3OS3. The molecule has 0 aliphatic heterocycles. The maximum absolute atomic E-state index is 11.8. The Morgan fingerprint density at radius 2 is 2.29 bits per heavy atom. The third-order valence-electron chi connectivity index (χ3n) is 2.31. The highest BCUT2D eigenvalue weighted by molar-refractivity contribution is 8.01. The monoisotopic (exact) mass is 359 g/mol. The highest BCUT2D eigenvalue weighted by atomic mass is 35.5. The number of carbonyl (C=O) groups excluding carboxylic acids is 1. The number of benzene rings is 1. The van der Waals surface area contributed by atoms with Gasteiger partial charge in [-0.05, 0) is 23.4 Å². The van der Waals surface area contributed by atoms with E-state index in [0.29, 0.717) is 15.9 Å². The maximum Gasteiger partial charge on any atom is 0.236 e. The minimum absolute atomic E-state index is 0.0637. The first-order chi connectivity index (χ1) is 10.2. The second-order valence-corrected chi connectivity index (χ2v) is 7.89. The summed E-state index contributed by atoms with van der Waals surface area (Å²) in [6.45, 7) is 2.05. The standard InChI is InChI=1S/C13H14ClN3OS3/c1-2-20-13-17-16-12(21-13)15-11(18)8-19-7-9-4-3-5-10(14)6-9/h3-6H,2,7-8H2,1H3,(H,15,16,18). The minimum atomic E-state index is -0.0637. The molecule has 0 saturated carbocycles. The molecule has 1 N–H and O–H groups in total. The average Bonchev–Trinajstić information content (AvgIpc) is 2.86. The maximum atomic E-state index is 11.8. The number of nitrogens with one attached hydrogen (secondary N) is 1. The van der Waals surface area contributed by atoms with Gasteiger partial charge in [0.25, 0.3) is 0 Å². The molecule has 21 heavy (non-hydrogen) atoms. The van der Waals surface area contributed by atoms with Crippen LogP contribution < -0.4 is 5.32 Å². The number of anilines is 1. The van der Waals surface area contributed by atoms with E-state index < -0.39 is 0 Å². The van der Waals surface area contributed by atoms with Gasteiger partial charge in [0, 0.05) is 10.8 Å². The highest BCUT2D eigenvalue weighted by Gasteiger charge is 2.08. The van der Waals surface area contributed by atoms with Gasteiger partial charge in [-0.3, -0.25) is 10.1 Å². The molecule has 0 atom stereocenters. The summed E-state index contributed by atoms with van der Waals surface area (Å²) >= 11 is 10.5. The van der Waals surface area contributed by atoms with Crippen LogP contribution in [0.2, 0.25) is 5.02 Å². The molecule has 1 aromatic heterocycles. The summed E-state index contributed by atoms with van der Waals surface area (Å²) in [5, 5.41) is 12.0. The number of halogens is 1. The second-order valence-electron chi connectivity index (χ2n) is 3.98. The minimum Gasteiger partial charge on any atom is -0.300 e. The van der Waals surface area contributed by atoms with Crippen LogP contribution in [0.25, 0.3) is 0 Å². The molecule has 0 aliphatic rings. The molecule has 0 fully saturated rings. The number of nitrogens with zero attached hydrogens (tertiary/aromatic N) is 2. The van der Waals surface area contributed by atoms with Gasteiger partial charge in [-0.1, -0.05) is 53.8 Å². The van der Waals surface area contributed by atoms with E-state index in [1.54, 1.807) is 23.5 Å². The van der Waals surface area contributed by atoms with E-state index in [4.69, 9.17) is 11.6 Å². The summed E-state index contributed by atoms with van der Waals surface area (Å²) in [6.07, 6.45) is 0. The number of rotatable bonds is 7. The Balaban J connectivity index is 1.74. The van der Waals surface area contributed by atoms with Gasteiger partial charge >= 0.3 is 0 Å². The van der Waals surface area contributed by atoms with E-state index in [9.17, 15) is 4.79 Å². The Hall–Kier alpha value is -0.760. The van der Waals surface area contributed by atoms with E-state index >= 15 is 0 Å². The summed E-state index contributed by atoms with van der Waals surface area (Å²) in [4.78, 5) is 11.8. The van der Waals surface area contributed by atoms with Crippen LogP contribution >= 0.6 is 46.5 Å². The van der Waals surface area contributed by atoms with Gasteiger partial charge in [-0.15, -0.1) is 22.0 Å². The molecule has 0 unspecified atom stereocenters. The van der Waals surface area contributed by atoms with E-state index in [0.717, 1.165) is 21.4 Å². The van der Waals surface area contributed by atoms with Crippen molar-refractivity contribution >= 4 is 57.5 Å².